The van der Waals surface area contributed by atoms with E-state index in [4.69, 9.17) is 4.63 Å². The second kappa shape index (κ2) is 11.1. The topological polar surface area (TPSA) is 117 Å². The van der Waals surface area contributed by atoms with Crippen molar-refractivity contribution in [1.82, 2.24) is 20.5 Å². The quantitative estimate of drug-likeness (QED) is 0.373. The van der Waals surface area contributed by atoms with E-state index < -0.39 is 48.2 Å². The second-order valence-electron chi connectivity index (χ2n) is 11.7. The SMILES string of the molecule is Cc1cc(NC(=O)C(NC(=O)c2nonc2C2CC2)C(C2CC2)C2CC2)c(F)cc1C(C)C(=O)N(C)CC(F)(F)F. The van der Waals surface area contributed by atoms with Crippen molar-refractivity contribution in [3.63, 3.8) is 0 Å². The largest absolute Gasteiger partial charge is 0.406 e. The molecular weight excluding hydrogens is 546 g/mol. The molecule has 2 N–H and O–H groups in total. The molecule has 1 aromatic heterocycles. The van der Waals surface area contributed by atoms with Crippen LogP contribution in [0.5, 0.6) is 0 Å². The molecule has 3 fully saturated rings. The van der Waals surface area contributed by atoms with Crippen molar-refractivity contribution in [3.05, 3.63) is 40.5 Å². The highest BCUT2D eigenvalue weighted by Gasteiger charge is 2.49. The van der Waals surface area contributed by atoms with Crippen LogP contribution in [-0.2, 0) is 9.59 Å². The highest BCUT2D eigenvalue weighted by molar-refractivity contribution is 6.01. The van der Waals surface area contributed by atoms with Gasteiger partial charge >= 0.3 is 6.18 Å². The molecule has 3 saturated carbocycles. The maximum absolute atomic E-state index is 15.3. The van der Waals surface area contributed by atoms with Gasteiger partial charge in [-0.3, -0.25) is 14.4 Å². The molecule has 0 aliphatic heterocycles. The van der Waals surface area contributed by atoms with Gasteiger partial charge in [-0.2, -0.15) is 13.2 Å². The number of carbonyl (C=O) groups is 3. The lowest BCUT2D eigenvalue weighted by molar-refractivity contribution is -0.159. The molecule has 1 aromatic carbocycles. The number of amides is 3. The number of anilines is 1. The summed E-state index contributed by atoms with van der Waals surface area (Å²) in [6.07, 6.45) is 0.957. The number of aromatic nitrogens is 2. The van der Waals surface area contributed by atoms with E-state index in [1.54, 1.807) is 6.92 Å². The van der Waals surface area contributed by atoms with Crippen LogP contribution in [0.4, 0.5) is 23.2 Å². The van der Waals surface area contributed by atoms with Gasteiger partial charge in [0.15, 0.2) is 5.69 Å². The minimum atomic E-state index is -4.56. The summed E-state index contributed by atoms with van der Waals surface area (Å²) < 4.78 is 58.4. The maximum Gasteiger partial charge on any atom is 0.406 e. The predicted octanol–water partition coefficient (Wildman–Crippen LogP) is 4.69. The smallest absolute Gasteiger partial charge is 0.338 e. The summed E-state index contributed by atoms with van der Waals surface area (Å²) in [6.45, 7) is 1.57. The van der Waals surface area contributed by atoms with E-state index in [0.29, 0.717) is 16.2 Å². The third kappa shape index (κ3) is 6.70. The highest BCUT2D eigenvalue weighted by atomic mass is 19.4. The Morgan fingerprint density at radius 2 is 1.71 bits per heavy atom. The van der Waals surface area contributed by atoms with Gasteiger partial charge in [0, 0.05) is 13.0 Å². The van der Waals surface area contributed by atoms with E-state index in [9.17, 15) is 27.6 Å². The lowest BCUT2D eigenvalue weighted by Crippen LogP contribution is -2.50. The molecule has 0 spiro atoms. The second-order valence-corrected chi connectivity index (χ2v) is 11.7. The molecule has 3 aliphatic carbocycles. The van der Waals surface area contributed by atoms with Gasteiger partial charge in [-0.25, -0.2) is 9.02 Å². The summed E-state index contributed by atoms with van der Waals surface area (Å²) in [5, 5.41) is 13.1. The first kappa shape index (κ1) is 29.0. The fourth-order valence-corrected chi connectivity index (χ4v) is 5.70. The first-order chi connectivity index (χ1) is 19.3. The number of carbonyl (C=O) groups excluding carboxylic acids is 3. The molecule has 3 aliphatic rings. The third-order valence-electron chi connectivity index (χ3n) is 8.22. The van der Waals surface area contributed by atoms with Crippen LogP contribution >= 0.6 is 0 Å². The predicted molar refractivity (Wildman–Crippen MR) is 138 cm³/mol. The van der Waals surface area contributed by atoms with Crippen LogP contribution < -0.4 is 10.6 Å². The molecule has 2 atom stereocenters. The number of hydrogen-bond donors (Lipinski definition) is 2. The van der Waals surface area contributed by atoms with Crippen LogP contribution in [0.15, 0.2) is 16.8 Å². The molecule has 41 heavy (non-hydrogen) atoms. The number of hydrogen-bond acceptors (Lipinski definition) is 6. The Labute approximate surface area is 234 Å². The zero-order valence-electron chi connectivity index (χ0n) is 23.1. The average molecular weight is 580 g/mol. The van der Waals surface area contributed by atoms with Crippen LogP contribution in [0.1, 0.15) is 84.6 Å². The van der Waals surface area contributed by atoms with E-state index in [2.05, 4.69) is 20.9 Å². The number of halogens is 4. The van der Waals surface area contributed by atoms with Crippen molar-refractivity contribution in [2.45, 2.75) is 76.4 Å². The van der Waals surface area contributed by atoms with Crippen LogP contribution in [0, 0.1) is 30.5 Å². The molecule has 222 valence electrons. The zero-order valence-corrected chi connectivity index (χ0v) is 23.1. The standard InChI is InChI=1S/C28H33F4N5O4/c1-13-10-20(19(29)11-18(13)14(2)27(40)37(3)12-28(30,31)32)33-25(38)23(21(15-4-5-15)16-6-7-16)34-26(39)24-22(17-8-9-17)35-41-36-24/h10-11,14-17,21,23H,4-9,12H2,1-3H3,(H,33,38)(H,34,39). The average Bonchev–Trinajstić information content (AvgIpc) is 3.75. The Morgan fingerprint density at radius 1 is 1.07 bits per heavy atom. The van der Waals surface area contributed by atoms with E-state index in [1.807, 2.05) is 0 Å². The molecule has 2 aromatic rings. The Kier molecular flexibility index (Phi) is 7.82. The first-order valence-electron chi connectivity index (χ1n) is 13.9. The van der Waals surface area contributed by atoms with Gasteiger partial charge < -0.3 is 15.5 Å². The lowest BCUT2D eigenvalue weighted by atomic mass is 9.88. The lowest BCUT2D eigenvalue weighted by Gasteiger charge is -2.27. The fraction of sp³-hybridized carbons (Fsp3) is 0.607. The van der Waals surface area contributed by atoms with Crippen molar-refractivity contribution < 1.29 is 36.6 Å². The molecule has 5 rings (SSSR count). The van der Waals surface area contributed by atoms with Gasteiger partial charge in [0.1, 0.15) is 24.1 Å². The van der Waals surface area contributed by atoms with Gasteiger partial charge in [0.25, 0.3) is 5.91 Å². The Bertz CT molecular complexity index is 1320. The maximum atomic E-state index is 15.3. The number of rotatable bonds is 11. The zero-order chi connectivity index (χ0) is 29.6. The van der Waals surface area contributed by atoms with Gasteiger partial charge in [-0.15, -0.1) is 0 Å². The summed E-state index contributed by atoms with van der Waals surface area (Å²) in [6, 6.07) is 1.47. The number of nitrogens with one attached hydrogen (secondary N) is 2. The summed E-state index contributed by atoms with van der Waals surface area (Å²) in [5.74, 6) is -3.31. The van der Waals surface area contributed by atoms with Crippen LogP contribution in [0.2, 0.25) is 0 Å². The van der Waals surface area contributed by atoms with E-state index >= 15 is 4.39 Å². The molecule has 3 amide bonds. The first-order valence-corrected chi connectivity index (χ1v) is 13.9. The van der Waals surface area contributed by atoms with Gasteiger partial charge in [0.05, 0.1) is 11.6 Å². The molecule has 2 unspecified atom stereocenters. The number of aryl methyl sites for hydroxylation is 1. The molecule has 9 nitrogen and oxygen atoms in total. The van der Waals surface area contributed by atoms with Gasteiger partial charge in [-0.05, 0) is 98.5 Å². The molecular formula is C28H33F4N5O4. The fourth-order valence-electron chi connectivity index (χ4n) is 5.70. The van der Waals surface area contributed by atoms with Crippen molar-refractivity contribution in [2.24, 2.45) is 17.8 Å². The van der Waals surface area contributed by atoms with E-state index in [0.717, 1.165) is 51.6 Å². The number of benzene rings is 1. The van der Waals surface area contributed by atoms with Crippen molar-refractivity contribution in [1.29, 1.82) is 0 Å². The molecule has 1 heterocycles. The Morgan fingerprint density at radius 3 is 2.27 bits per heavy atom. The van der Waals surface area contributed by atoms with E-state index in [1.165, 1.54) is 13.0 Å². The molecule has 0 radical (unpaired) electrons. The highest BCUT2D eigenvalue weighted by Crippen LogP contribution is 2.51. The normalized spacial score (nSPS) is 18.6. The minimum Gasteiger partial charge on any atom is -0.338 e. The monoisotopic (exact) mass is 579 g/mol. The van der Waals surface area contributed by atoms with Crippen molar-refractivity contribution >= 4 is 23.4 Å². The number of likely N-dealkylation sites (N-methyl/N-ethyl adjacent to an activating group) is 1. The van der Waals surface area contributed by atoms with Crippen LogP contribution in [-0.4, -0.2) is 58.7 Å². The summed E-state index contributed by atoms with van der Waals surface area (Å²) >= 11 is 0. The van der Waals surface area contributed by atoms with Crippen molar-refractivity contribution in [3.8, 4) is 0 Å². The third-order valence-corrected chi connectivity index (χ3v) is 8.22. The Hall–Kier alpha value is -3.51. The summed E-state index contributed by atoms with van der Waals surface area (Å²) in [7, 11) is 1.04. The molecule has 0 saturated heterocycles. The van der Waals surface area contributed by atoms with Crippen LogP contribution in [0.3, 0.4) is 0 Å². The van der Waals surface area contributed by atoms with E-state index in [-0.39, 0.29) is 40.6 Å². The van der Waals surface area contributed by atoms with Crippen LogP contribution in [0.25, 0.3) is 0 Å². The number of alkyl halides is 3. The van der Waals surface area contributed by atoms with Gasteiger partial charge in [0.2, 0.25) is 11.8 Å². The minimum absolute atomic E-state index is 0.0520. The van der Waals surface area contributed by atoms with Gasteiger partial charge in [-0.1, -0.05) is 5.16 Å². The summed E-state index contributed by atoms with van der Waals surface area (Å²) in [4.78, 5) is 40.0. The Balaban J connectivity index is 1.34. The number of nitrogens with zero attached hydrogens (tertiary/aromatic N) is 3. The molecule has 13 heteroatoms. The molecule has 0 bridgehead atoms. The van der Waals surface area contributed by atoms with Crippen molar-refractivity contribution in [2.75, 3.05) is 18.9 Å². The summed E-state index contributed by atoms with van der Waals surface area (Å²) in [5.41, 5.74) is 1.01.